The van der Waals surface area contributed by atoms with Gasteiger partial charge in [0.25, 0.3) is 5.91 Å². The lowest BCUT2D eigenvalue weighted by molar-refractivity contribution is -0.148. The summed E-state index contributed by atoms with van der Waals surface area (Å²) in [5.74, 6) is -1.23. The lowest BCUT2D eigenvalue weighted by Gasteiger charge is -2.13. The summed E-state index contributed by atoms with van der Waals surface area (Å²) >= 11 is 1.54. The van der Waals surface area contributed by atoms with Gasteiger partial charge in [0.1, 0.15) is 6.04 Å². The van der Waals surface area contributed by atoms with Crippen molar-refractivity contribution in [2.45, 2.75) is 39.2 Å². The highest BCUT2D eigenvalue weighted by Gasteiger charge is 2.16. The number of carbonyl (C=O) groups is 3. The molecule has 1 atom stereocenters. The summed E-state index contributed by atoms with van der Waals surface area (Å²) in [7, 11) is 0. The number of para-hydroxylation sites is 1. The maximum Gasteiger partial charge on any atom is 0.306 e. The van der Waals surface area contributed by atoms with Crippen LogP contribution in [0.25, 0.3) is 10.2 Å². The van der Waals surface area contributed by atoms with E-state index in [9.17, 15) is 14.4 Å². The number of nitrogens with one attached hydrogen (secondary N) is 2. The molecule has 0 aliphatic heterocycles. The third-order valence-electron chi connectivity index (χ3n) is 3.57. The van der Waals surface area contributed by atoms with Gasteiger partial charge in [-0.05, 0) is 25.5 Å². The average Bonchev–Trinajstić information content (AvgIpc) is 3.05. The Hall–Kier alpha value is -2.48. The van der Waals surface area contributed by atoms with E-state index in [0.29, 0.717) is 13.0 Å². The van der Waals surface area contributed by atoms with E-state index in [2.05, 4.69) is 15.6 Å². The second-order valence-corrected chi connectivity index (χ2v) is 6.93. The van der Waals surface area contributed by atoms with Gasteiger partial charge in [-0.1, -0.05) is 19.1 Å². The first-order valence-electron chi connectivity index (χ1n) is 8.56. The van der Waals surface area contributed by atoms with Crippen molar-refractivity contribution in [3.8, 4) is 0 Å². The smallest absolute Gasteiger partial charge is 0.306 e. The van der Waals surface area contributed by atoms with E-state index < -0.39 is 24.5 Å². The van der Waals surface area contributed by atoms with Crippen molar-refractivity contribution in [3.05, 3.63) is 29.3 Å². The van der Waals surface area contributed by atoms with Gasteiger partial charge in [-0.25, -0.2) is 4.98 Å². The van der Waals surface area contributed by atoms with Gasteiger partial charge in [-0.2, -0.15) is 0 Å². The van der Waals surface area contributed by atoms with Crippen LogP contribution in [0.5, 0.6) is 0 Å². The van der Waals surface area contributed by atoms with Crippen LogP contribution in [0.3, 0.4) is 0 Å². The first kappa shape index (κ1) is 19.8. The molecule has 2 amide bonds. The SMILES string of the molecule is CCCNC(=O)[C@@H](C)NC(=O)COC(=O)CCc1nc2ccccc2s1. The highest BCUT2D eigenvalue weighted by Crippen LogP contribution is 2.22. The fraction of sp³-hybridized carbons (Fsp3) is 0.444. The molecule has 0 saturated carbocycles. The van der Waals surface area contributed by atoms with Crippen LogP contribution in [0, 0.1) is 0 Å². The number of ether oxygens (including phenoxy) is 1. The number of carbonyl (C=O) groups excluding carboxylic acids is 3. The third-order valence-corrected chi connectivity index (χ3v) is 4.66. The zero-order valence-electron chi connectivity index (χ0n) is 14.9. The predicted octanol–water partition coefficient (Wildman–Crippen LogP) is 1.80. The van der Waals surface area contributed by atoms with E-state index in [1.165, 1.54) is 11.3 Å². The van der Waals surface area contributed by atoms with Crippen LogP contribution in [0.15, 0.2) is 24.3 Å². The van der Waals surface area contributed by atoms with Gasteiger partial charge in [0.2, 0.25) is 5.91 Å². The summed E-state index contributed by atoms with van der Waals surface area (Å²) in [5.41, 5.74) is 0.913. The van der Waals surface area contributed by atoms with Crippen LogP contribution in [0.1, 0.15) is 31.7 Å². The number of aromatic nitrogens is 1. The van der Waals surface area contributed by atoms with E-state index in [1.54, 1.807) is 6.92 Å². The van der Waals surface area contributed by atoms with Gasteiger partial charge in [0.15, 0.2) is 6.61 Å². The van der Waals surface area contributed by atoms with Gasteiger partial charge in [0, 0.05) is 13.0 Å². The Kier molecular flexibility index (Phi) is 7.53. The average molecular weight is 377 g/mol. The zero-order valence-corrected chi connectivity index (χ0v) is 15.7. The number of aryl methyl sites for hydroxylation is 1. The Morgan fingerprint density at radius 3 is 2.77 bits per heavy atom. The minimum Gasteiger partial charge on any atom is -0.456 e. The Balaban J connectivity index is 1.69. The van der Waals surface area contributed by atoms with E-state index in [1.807, 2.05) is 31.2 Å². The van der Waals surface area contributed by atoms with E-state index in [0.717, 1.165) is 21.6 Å². The number of hydrogen-bond acceptors (Lipinski definition) is 6. The molecule has 1 aromatic heterocycles. The van der Waals surface area contributed by atoms with Gasteiger partial charge in [0.05, 0.1) is 21.6 Å². The van der Waals surface area contributed by atoms with Crippen molar-refractivity contribution >= 4 is 39.3 Å². The number of hydrogen-bond donors (Lipinski definition) is 2. The van der Waals surface area contributed by atoms with Crippen LogP contribution in [-0.4, -0.2) is 42.0 Å². The third kappa shape index (κ3) is 6.11. The standard InChI is InChI=1S/C18H23N3O4S/c1-3-10-19-18(24)12(2)20-15(22)11-25-17(23)9-8-16-21-13-6-4-5-7-14(13)26-16/h4-7,12H,3,8-11H2,1-2H3,(H,19,24)(H,20,22)/t12-/m1/s1. The zero-order chi connectivity index (χ0) is 18.9. The fourth-order valence-corrected chi connectivity index (χ4v) is 3.17. The molecular formula is C18H23N3O4S. The van der Waals surface area contributed by atoms with Crippen molar-refractivity contribution in [2.75, 3.05) is 13.2 Å². The van der Waals surface area contributed by atoms with Crippen LogP contribution < -0.4 is 10.6 Å². The highest BCUT2D eigenvalue weighted by atomic mass is 32.1. The minimum atomic E-state index is -0.671. The molecule has 140 valence electrons. The second kappa shape index (κ2) is 9.86. The molecule has 0 radical (unpaired) electrons. The molecule has 0 spiro atoms. The molecule has 1 heterocycles. The van der Waals surface area contributed by atoms with E-state index in [-0.39, 0.29) is 12.3 Å². The number of benzene rings is 1. The number of nitrogens with zero attached hydrogens (tertiary/aromatic N) is 1. The quantitative estimate of drug-likeness (QED) is 0.650. The number of fused-ring (bicyclic) bond motifs is 1. The molecule has 0 bridgehead atoms. The number of esters is 1. The van der Waals surface area contributed by atoms with Crippen LogP contribution in [0.4, 0.5) is 0 Å². The summed E-state index contributed by atoms with van der Waals surface area (Å²) in [6.45, 7) is 3.68. The lowest BCUT2D eigenvalue weighted by Crippen LogP contribution is -2.46. The van der Waals surface area contributed by atoms with Crippen LogP contribution in [-0.2, 0) is 25.5 Å². The molecule has 2 N–H and O–H groups in total. The van der Waals surface area contributed by atoms with E-state index in [4.69, 9.17) is 4.74 Å². The summed E-state index contributed by atoms with van der Waals surface area (Å²) in [6, 6.07) is 7.10. The van der Waals surface area contributed by atoms with Crippen molar-refractivity contribution in [3.63, 3.8) is 0 Å². The van der Waals surface area contributed by atoms with Crippen molar-refractivity contribution in [2.24, 2.45) is 0 Å². The molecule has 7 nitrogen and oxygen atoms in total. The summed E-state index contributed by atoms with van der Waals surface area (Å²) in [5, 5.41) is 6.04. The van der Waals surface area contributed by atoms with Crippen LogP contribution in [0.2, 0.25) is 0 Å². The molecule has 0 fully saturated rings. The summed E-state index contributed by atoms with van der Waals surface area (Å²) in [6.07, 6.45) is 1.44. The topological polar surface area (TPSA) is 97.4 Å². The summed E-state index contributed by atoms with van der Waals surface area (Å²) in [4.78, 5) is 39.7. The maximum absolute atomic E-state index is 11.8. The van der Waals surface area contributed by atoms with Gasteiger partial charge >= 0.3 is 5.97 Å². The number of amides is 2. The molecular weight excluding hydrogens is 354 g/mol. The first-order chi connectivity index (χ1) is 12.5. The van der Waals surface area contributed by atoms with Crippen LogP contribution >= 0.6 is 11.3 Å². The van der Waals surface area contributed by atoms with Gasteiger partial charge in [-0.3, -0.25) is 14.4 Å². The Morgan fingerprint density at radius 2 is 2.04 bits per heavy atom. The molecule has 8 heteroatoms. The minimum absolute atomic E-state index is 0.152. The number of rotatable bonds is 9. The second-order valence-electron chi connectivity index (χ2n) is 5.82. The molecule has 0 saturated heterocycles. The molecule has 2 rings (SSSR count). The summed E-state index contributed by atoms with van der Waals surface area (Å²) < 4.78 is 6.03. The molecule has 0 unspecified atom stereocenters. The van der Waals surface area contributed by atoms with Gasteiger partial charge in [-0.15, -0.1) is 11.3 Å². The van der Waals surface area contributed by atoms with Crippen molar-refractivity contribution in [1.82, 2.24) is 15.6 Å². The molecule has 0 aliphatic rings. The maximum atomic E-state index is 11.8. The molecule has 1 aromatic carbocycles. The Labute approximate surface area is 156 Å². The Morgan fingerprint density at radius 1 is 1.27 bits per heavy atom. The molecule has 2 aromatic rings. The molecule has 0 aliphatic carbocycles. The fourth-order valence-electron chi connectivity index (χ4n) is 2.20. The molecule has 26 heavy (non-hydrogen) atoms. The normalized spacial score (nSPS) is 11.8. The Bertz CT molecular complexity index is 742. The van der Waals surface area contributed by atoms with Crippen molar-refractivity contribution in [1.29, 1.82) is 0 Å². The monoisotopic (exact) mass is 377 g/mol. The number of thiazole rings is 1. The first-order valence-corrected chi connectivity index (χ1v) is 9.38. The van der Waals surface area contributed by atoms with Gasteiger partial charge < -0.3 is 15.4 Å². The largest absolute Gasteiger partial charge is 0.456 e. The van der Waals surface area contributed by atoms with E-state index >= 15 is 0 Å². The highest BCUT2D eigenvalue weighted by molar-refractivity contribution is 7.18. The van der Waals surface area contributed by atoms with Crippen molar-refractivity contribution < 1.29 is 19.1 Å². The lowest BCUT2D eigenvalue weighted by atomic mass is 10.3. The predicted molar refractivity (Wildman–Crippen MR) is 99.8 cm³/mol.